The predicted octanol–water partition coefficient (Wildman–Crippen LogP) is 4.05. The van der Waals surface area contributed by atoms with E-state index in [-0.39, 0.29) is 0 Å². The number of aryl methyl sites for hydroxylation is 3. The van der Waals surface area contributed by atoms with Gasteiger partial charge in [0.25, 0.3) is 0 Å². The molecule has 0 bridgehead atoms. The van der Waals surface area contributed by atoms with Crippen LogP contribution in [-0.2, 0) is 0 Å². The number of thiophene rings is 1. The molecule has 1 N–H and O–H groups in total. The fourth-order valence-electron chi connectivity index (χ4n) is 2.09. The number of aromatic nitrogens is 2. The molecule has 3 aromatic heterocycles. The maximum atomic E-state index is 5.55. The average molecular weight is 300 g/mol. The van der Waals surface area contributed by atoms with Crippen LogP contribution in [0.15, 0.2) is 28.0 Å². The maximum Gasteiger partial charge on any atom is 0.158 e. The average Bonchev–Trinajstić information content (AvgIpc) is 3.01. The highest BCUT2D eigenvalue weighted by Crippen LogP contribution is 2.32. The zero-order valence-electron chi connectivity index (χ0n) is 12.4. The monoisotopic (exact) mass is 300 g/mol. The van der Waals surface area contributed by atoms with Gasteiger partial charge in [0.1, 0.15) is 28.4 Å². The molecule has 5 nitrogen and oxygen atoms in total. The Morgan fingerprint density at radius 1 is 1.24 bits per heavy atom. The largest absolute Gasteiger partial charge is 0.460 e. The number of hydrazone groups is 1. The van der Waals surface area contributed by atoms with Gasteiger partial charge in [-0.2, -0.15) is 5.10 Å². The number of nitrogens with one attached hydrogen (secondary N) is 1. The highest BCUT2D eigenvalue weighted by molar-refractivity contribution is 7.18. The number of fused-ring (bicyclic) bond motifs is 1. The minimum absolute atomic E-state index is 0.726. The van der Waals surface area contributed by atoms with Crippen molar-refractivity contribution in [1.82, 2.24) is 9.97 Å². The highest BCUT2D eigenvalue weighted by Gasteiger charge is 2.11. The molecule has 0 unspecified atom stereocenters. The van der Waals surface area contributed by atoms with Crippen molar-refractivity contribution in [3.8, 4) is 0 Å². The number of hydrogen-bond donors (Lipinski definition) is 1. The first-order valence-corrected chi connectivity index (χ1v) is 7.45. The van der Waals surface area contributed by atoms with Gasteiger partial charge in [-0.25, -0.2) is 9.97 Å². The van der Waals surface area contributed by atoms with E-state index < -0.39 is 0 Å². The van der Waals surface area contributed by atoms with E-state index in [4.69, 9.17) is 4.42 Å². The van der Waals surface area contributed by atoms with Crippen LogP contribution in [0.3, 0.4) is 0 Å². The molecule has 3 aromatic rings. The van der Waals surface area contributed by atoms with Gasteiger partial charge in [0.2, 0.25) is 0 Å². The molecular formula is C15H16N4OS. The third-order valence-corrected chi connectivity index (χ3v) is 4.51. The van der Waals surface area contributed by atoms with Crippen LogP contribution in [0.2, 0.25) is 0 Å². The lowest BCUT2D eigenvalue weighted by Crippen LogP contribution is -2.00. The first-order chi connectivity index (χ1) is 10.1. The van der Waals surface area contributed by atoms with E-state index in [2.05, 4.69) is 34.3 Å². The zero-order valence-corrected chi connectivity index (χ0v) is 13.2. The summed E-state index contributed by atoms with van der Waals surface area (Å²) < 4.78 is 5.55. The lowest BCUT2D eigenvalue weighted by molar-refractivity contribution is 0.525. The smallest absolute Gasteiger partial charge is 0.158 e. The molecule has 3 rings (SSSR count). The molecular weight excluding hydrogens is 284 g/mol. The Kier molecular flexibility index (Phi) is 3.47. The van der Waals surface area contributed by atoms with Crippen LogP contribution in [0.5, 0.6) is 0 Å². The molecule has 3 heterocycles. The second kappa shape index (κ2) is 5.29. The van der Waals surface area contributed by atoms with E-state index >= 15 is 0 Å². The van der Waals surface area contributed by atoms with Crippen molar-refractivity contribution >= 4 is 33.1 Å². The molecule has 6 heteroatoms. The van der Waals surface area contributed by atoms with Crippen LogP contribution in [-0.4, -0.2) is 15.7 Å². The molecule has 0 spiro atoms. The van der Waals surface area contributed by atoms with E-state index in [9.17, 15) is 0 Å². The molecule has 0 fully saturated rings. The number of rotatable bonds is 3. The van der Waals surface area contributed by atoms with E-state index in [1.54, 1.807) is 17.7 Å². The Balaban J connectivity index is 1.95. The number of nitrogens with zero attached hydrogens (tertiary/aromatic N) is 3. The van der Waals surface area contributed by atoms with Crippen LogP contribution in [0.4, 0.5) is 5.82 Å². The van der Waals surface area contributed by atoms with Crippen molar-refractivity contribution in [2.45, 2.75) is 27.7 Å². The SMILES string of the molecule is C/C(=N\Nc1ncnc2sc(C)c(C)c12)c1ccc(C)o1. The van der Waals surface area contributed by atoms with Crippen molar-refractivity contribution < 1.29 is 4.42 Å². The third kappa shape index (κ3) is 2.54. The number of furan rings is 1. The molecule has 0 atom stereocenters. The second-order valence-electron chi connectivity index (χ2n) is 4.90. The van der Waals surface area contributed by atoms with Crippen LogP contribution in [0.25, 0.3) is 10.2 Å². The molecule has 108 valence electrons. The van der Waals surface area contributed by atoms with E-state index in [1.807, 2.05) is 26.0 Å². The van der Waals surface area contributed by atoms with Crippen LogP contribution in [0, 0.1) is 20.8 Å². The molecule has 0 saturated carbocycles. The summed E-state index contributed by atoms with van der Waals surface area (Å²) >= 11 is 1.67. The minimum atomic E-state index is 0.726. The summed E-state index contributed by atoms with van der Waals surface area (Å²) in [6.45, 7) is 7.98. The Labute approximate surface area is 126 Å². The summed E-state index contributed by atoms with van der Waals surface area (Å²) in [6, 6.07) is 3.83. The molecule has 0 amide bonds. The first-order valence-electron chi connectivity index (χ1n) is 6.64. The molecule has 0 aliphatic carbocycles. The normalized spacial score (nSPS) is 12.1. The summed E-state index contributed by atoms with van der Waals surface area (Å²) in [5.74, 6) is 2.35. The van der Waals surface area contributed by atoms with Gasteiger partial charge in [0, 0.05) is 4.88 Å². The maximum absolute atomic E-state index is 5.55. The van der Waals surface area contributed by atoms with Gasteiger partial charge in [0.15, 0.2) is 5.82 Å². The van der Waals surface area contributed by atoms with Gasteiger partial charge >= 0.3 is 0 Å². The van der Waals surface area contributed by atoms with Crippen molar-refractivity contribution in [3.05, 3.63) is 40.4 Å². The van der Waals surface area contributed by atoms with Gasteiger partial charge in [-0.15, -0.1) is 11.3 Å². The molecule has 21 heavy (non-hydrogen) atoms. The number of anilines is 1. The Morgan fingerprint density at radius 3 is 2.76 bits per heavy atom. The van der Waals surface area contributed by atoms with E-state index in [1.165, 1.54) is 10.4 Å². The van der Waals surface area contributed by atoms with Crippen LogP contribution in [0.1, 0.15) is 28.9 Å². The van der Waals surface area contributed by atoms with Crippen molar-refractivity contribution in [2.75, 3.05) is 5.43 Å². The van der Waals surface area contributed by atoms with Gasteiger partial charge in [-0.1, -0.05) is 0 Å². The molecule has 0 aromatic carbocycles. The van der Waals surface area contributed by atoms with Gasteiger partial charge in [-0.3, -0.25) is 5.43 Å². The van der Waals surface area contributed by atoms with Crippen molar-refractivity contribution in [3.63, 3.8) is 0 Å². The second-order valence-corrected chi connectivity index (χ2v) is 6.11. The molecule has 0 radical (unpaired) electrons. The minimum Gasteiger partial charge on any atom is -0.460 e. The molecule has 0 aliphatic rings. The zero-order chi connectivity index (χ0) is 15.0. The first kappa shape index (κ1) is 13.8. The number of hydrogen-bond acceptors (Lipinski definition) is 6. The quantitative estimate of drug-likeness (QED) is 0.585. The van der Waals surface area contributed by atoms with Crippen molar-refractivity contribution in [2.24, 2.45) is 5.10 Å². The summed E-state index contributed by atoms with van der Waals surface area (Å²) in [6.07, 6.45) is 1.56. The third-order valence-electron chi connectivity index (χ3n) is 3.39. The standard InChI is InChI=1S/C15H16N4OS/c1-8-5-6-12(20-8)10(3)18-19-14-13-9(2)11(4)21-15(13)17-7-16-14/h5-7H,1-4H3,(H,16,17,19)/b18-10+. The molecule has 0 saturated heterocycles. The predicted molar refractivity (Wildman–Crippen MR) is 86.2 cm³/mol. The van der Waals surface area contributed by atoms with Crippen LogP contribution < -0.4 is 5.43 Å². The Hall–Kier alpha value is -2.21. The fourth-order valence-corrected chi connectivity index (χ4v) is 3.08. The lowest BCUT2D eigenvalue weighted by atomic mass is 10.2. The van der Waals surface area contributed by atoms with Crippen molar-refractivity contribution in [1.29, 1.82) is 0 Å². The fraction of sp³-hybridized carbons (Fsp3) is 0.267. The molecule has 0 aliphatic heterocycles. The van der Waals surface area contributed by atoms with E-state index in [0.717, 1.165) is 33.3 Å². The van der Waals surface area contributed by atoms with Crippen LogP contribution >= 0.6 is 11.3 Å². The summed E-state index contributed by atoms with van der Waals surface area (Å²) in [7, 11) is 0. The highest BCUT2D eigenvalue weighted by atomic mass is 32.1. The summed E-state index contributed by atoms with van der Waals surface area (Å²) in [5.41, 5.74) is 5.00. The Morgan fingerprint density at radius 2 is 2.05 bits per heavy atom. The summed E-state index contributed by atoms with van der Waals surface area (Å²) in [5, 5.41) is 5.40. The van der Waals surface area contributed by atoms with Gasteiger partial charge in [-0.05, 0) is 45.4 Å². The lowest BCUT2D eigenvalue weighted by Gasteiger charge is -2.03. The topological polar surface area (TPSA) is 63.3 Å². The van der Waals surface area contributed by atoms with E-state index in [0.29, 0.717) is 0 Å². The summed E-state index contributed by atoms with van der Waals surface area (Å²) in [4.78, 5) is 10.8. The Bertz CT molecular complexity index is 831. The van der Waals surface area contributed by atoms with Gasteiger partial charge in [0.05, 0.1) is 5.39 Å². The van der Waals surface area contributed by atoms with Gasteiger partial charge < -0.3 is 4.42 Å².